The third-order valence-electron chi connectivity index (χ3n) is 3.73. The third kappa shape index (κ3) is 5.75. The highest BCUT2D eigenvalue weighted by atomic mass is 16.5. The van der Waals surface area contributed by atoms with Crippen LogP contribution in [0.2, 0.25) is 0 Å². The van der Waals surface area contributed by atoms with E-state index in [9.17, 15) is 9.59 Å². The summed E-state index contributed by atoms with van der Waals surface area (Å²) in [6, 6.07) is 14.8. The van der Waals surface area contributed by atoms with Crippen LogP contribution in [0, 0.1) is 13.8 Å². The van der Waals surface area contributed by atoms with Crippen molar-refractivity contribution in [3.63, 3.8) is 0 Å². The molecule has 4 heteroatoms. The van der Waals surface area contributed by atoms with E-state index < -0.39 is 6.04 Å². The zero-order chi connectivity index (χ0) is 18.4. The molecule has 0 heterocycles. The van der Waals surface area contributed by atoms with Gasteiger partial charge in [-0.3, -0.25) is 9.59 Å². The Hall–Kier alpha value is -2.62. The zero-order valence-electron chi connectivity index (χ0n) is 15.2. The lowest BCUT2D eigenvalue weighted by Crippen LogP contribution is -2.31. The van der Waals surface area contributed by atoms with Crippen LogP contribution in [-0.2, 0) is 9.53 Å². The first-order valence-corrected chi connectivity index (χ1v) is 8.48. The molecule has 2 aromatic carbocycles. The number of hydrogen-bond acceptors (Lipinski definition) is 3. The summed E-state index contributed by atoms with van der Waals surface area (Å²) in [4.78, 5) is 24.8. The highest BCUT2D eigenvalue weighted by Gasteiger charge is 2.20. The lowest BCUT2D eigenvalue weighted by molar-refractivity contribution is -0.147. The lowest BCUT2D eigenvalue weighted by atomic mass is 10.0. The number of ether oxygens (including phenoxy) is 1. The largest absolute Gasteiger partial charge is 0.463 e. The summed E-state index contributed by atoms with van der Waals surface area (Å²) in [7, 11) is 0. The van der Waals surface area contributed by atoms with Gasteiger partial charge in [-0.25, -0.2) is 0 Å². The van der Waals surface area contributed by atoms with Crippen LogP contribution in [0.5, 0.6) is 0 Å². The van der Waals surface area contributed by atoms with Crippen molar-refractivity contribution in [2.24, 2.45) is 0 Å². The maximum Gasteiger partial charge on any atom is 0.308 e. The third-order valence-corrected chi connectivity index (χ3v) is 3.73. The molecule has 0 aliphatic rings. The first-order valence-electron chi connectivity index (χ1n) is 8.48. The van der Waals surface area contributed by atoms with Crippen LogP contribution in [-0.4, -0.2) is 18.0 Å². The molecule has 0 saturated heterocycles. The number of esters is 1. The number of carbonyl (C=O) groups is 2. The Bertz CT molecular complexity index is 718. The molecule has 4 nitrogen and oxygen atoms in total. The Balaban J connectivity index is 2.20. The maximum absolute atomic E-state index is 12.7. The van der Waals surface area contributed by atoms with Gasteiger partial charge in [0.2, 0.25) is 0 Å². The van der Waals surface area contributed by atoms with E-state index >= 15 is 0 Å². The highest BCUT2D eigenvalue weighted by molar-refractivity contribution is 5.95. The van der Waals surface area contributed by atoms with E-state index in [0.29, 0.717) is 5.56 Å². The Morgan fingerprint density at radius 1 is 1.00 bits per heavy atom. The standard InChI is InChI=1S/C21H25NO3/c1-14(2)25-20(23)13-19(17-8-6-5-7-9-17)22-21(24)18-11-15(3)10-16(4)12-18/h5-12,14,19H,13H2,1-4H3,(H,22,24). The van der Waals surface area contributed by atoms with Crippen molar-refractivity contribution < 1.29 is 14.3 Å². The van der Waals surface area contributed by atoms with Crippen molar-refractivity contribution >= 4 is 11.9 Å². The Morgan fingerprint density at radius 3 is 2.16 bits per heavy atom. The molecule has 0 spiro atoms. The van der Waals surface area contributed by atoms with Gasteiger partial charge in [-0.1, -0.05) is 47.5 Å². The van der Waals surface area contributed by atoms with Crippen molar-refractivity contribution in [2.75, 3.05) is 0 Å². The molecule has 2 aromatic rings. The van der Waals surface area contributed by atoms with Gasteiger partial charge in [-0.2, -0.15) is 0 Å². The minimum absolute atomic E-state index is 0.0960. The summed E-state index contributed by atoms with van der Waals surface area (Å²) in [5.74, 6) is -0.525. The van der Waals surface area contributed by atoms with E-state index in [4.69, 9.17) is 4.74 Å². The normalized spacial score (nSPS) is 11.9. The topological polar surface area (TPSA) is 55.4 Å². The van der Waals surface area contributed by atoms with Crippen molar-refractivity contribution in [1.29, 1.82) is 0 Å². The smallest absolute Gasteiger partial charge is 0.308 e. The second-order valence-corrected chi connectivity index (χ2v) is 6.56. The van der Waals surface area contributed by atoms with Gasteiger partial charge in [-0.15, -0.1) is 0 Å². The molecule has 25 heavy (non-hydrogen) atoms. The second-order valence-electron chi connectivity index (χ2n) is 6.56. The fourth-order valence-corrected chi connectivity index (χ4v) is 2.76. The summed E-state index contributed by atoms with van der Waals surface area (Å²) < 4.78 is 5.24. The molecule has 0 aliphatic heterocycles. The highest BCUT2D eigenvalue weighted by Crippen LogP contribution is 2.19. The lowest BCUT2D eigenvalue weighted by Gasteiger charge is -2.20. The van der Waals surface area contributed by atoms with E-state index in [-0.39, 0.29) is 24.4 Å². The van der Waals surface area contributed by atoms with Crippen LogP contribution in [0.15, 0.2) is 48.5 Å². The van der Waals surface area contributed by atoms with Gasteiger partial charge in [0.05, 0.1) is 18.6 Å². The molecule has 0 radical (unpaired) electrons. The number of nitrogens with one attached hydrogen (secondary N) is 1. The quantitative estimate of drug-likeness (QED) is 0.806. The number of amides is 1. The molecule has 0 aliphatic carbocycles. The van der Waals surface area contributed by atoms with Crippen LogP contribution in [0.4, 0.5) is 0 Å². The molecule has 2 rings (SSSR count). The van der Waals surface area contributed by atoms with Crippen LogP contribution in [0.1, 0.15) is 53.4 Å². The minimum atomic E-state index is -0.430. The molecule has 132 valence electrons. The Labute approximate surface area is 149 Å². The number of benzene rings is 2. The molecule has 1 amide bonds. The molecular weight excluding hydrogens is 314 g/mol. The van der Waals surface area contributed by atoms with Crippen LogP contribution >= 0.6 is 0 Å². The van der Waals surface area contributed by atoms with Crippen molar-refractivity contribution in [3.05, 3.63) is 70.8 Å². The molecule has 0 saturated carbocycles. The van der Waals surface area contributed by atoms with Gasteiger partial charge in [0.25, 0.3) is 5.91 Å². The van der Waals surface area contributed by atoms with Crippen LogP contribution in [0.25, 0.3) is 0 Å². The minimum Gasteiger partial charge on any atom is -0.463 e. The fraction of sp³-hybridized carbons (Fsp3) is 0.333. The summed E-state index contributed by atoms with van der Waals surface area (Å²) in [5, 5.41) is 2.97. The van der Waals surface area contributed by atoms with Gasteiger partial charge >= 0.3 is 5.97 Å². The van der Waals surface area contributed by atoms with Gasteiger partial charge in [0.15, 0.2) is 0 Å². The van der Waals surface area contributed by atoms with Gasteiger partial charge in [0.1, 0.15) is 0 Å². The predicted octanol–water partition coefficient (Wildman–Crippen LogP) is 4.12. The molecule has 0 bridgehead atoms. The van der Waals surface area contributed by atoms with Crippen LogP contribution < -0.4 is 5.32 Å². The Morgan fingerprint density at radius 2 is 1.60 bits per heavy atom. The SMILES string of the molecule is Cc1cc(C)cc(C(=O)NC(CC(=O)OC(C)C)c2ccccc2)c1. The molecular formula is C21H25NO3. The first-order chi connectivity index (χ1) is 11.8. The number of hydrogen-bond donors (Lipinski definition) is 1. The predicted molar refractivity (Wildman–Crippen MR) is 98.4 cm³/mol. The molecule has 1 N–H and O–H groups in total. The van der Waals surface area contributed by atoms with E-state index in [1.165, 1.54) is 0 Å². The monoisotopic (exact) mass is 339 g/mol. The second kappa shape index (κ2) is 8.47. The van der Waals surface area contributed by atoms with Crippen molar-refractivity contribution in [3.8, 4) is 0 Å². The first kappa shape index (κ1) is 18.7. The molecule has 1 unspecified atom stereocenters. The molecule has 0 aromatic heterocycles. The Kier molecular flexibility index (Phi) is 6.34. The van der Waals surface area contributed by atoms with Crippen molar-refractivity contribution in [2.45, 2.75) is 46.3 Å². The summed E-state index contributed by atoms with van der Waals surface area (Å²) in [5.41, 5.74) is 3.53. The van der Waals surface area contributed by atoms with E-state index in [2.05, 4.69) is 5.32 Å². The van der Waals surface area contributed by atoms with Gasteiger partial charge < -0.3 is 10.1 Å². The number of rotatable bonds is 6. The number of aryl methyl sites for hydroxylation is 2. The van der Waals surface area contributed by atoms with E-state index in [0.717, 1.165) is 16.7 Å². The average Bonchev–Trinajstić information content (AvgIpc) is 2.53. The van der Waals surface area contributed by atoms with E-state index in [1.54, 1.807) is 0 Å². The van der Waals surface area contributed by atoms with Crippen molar-refractivity contribution in [1.82, 2.24) is 5.32 Å². The van der Waals surface area contributed by atoms with Gasteiger partial charge in [-0.05, 0) is 45.4 Å². The summed E-state index contributed by atoms with van der Waals surface area (Å²) in [6.45, 7) is 7.53. The summed E-state index contributed by atoms with van der Waals surface area (Å²) in [6.07, 6.45) is -0.0855. The summed E-state index contributed by atoms with van der Waals surface area (Å²) >= 11 is 0. The fourth-order valence-electron chi connectivity index (χ4n) is 2.76. The van der Waals surface area contributed by atoms with Crippen LogP contribution in [0.3, 0.4) is 0 Å². The zero-order valence-corrected chi connectivity index (χ0v) is 15.2. The van der Waals surface area contributed by atoms with Gasteiger partial charge in [0, 0.05) is 5.56 Å². The number of carbonyl (C=O) groups excluding carboxylic acids is 2. The van der Waals surface area contributed by atoms with E-state index in [1.807, 2.05) is 76.2 Å². The average molecular weight is 339 g/mol. The molecule has 0 fully saturated rings. The molecule has 1 atom stereocenters. The maximum atomic E-state index is 12.7.